The van der Waals surface area contributed by atoms with Crippen LogP contribution >= 0.6 is 0 Å². The topological polar surface area (TPSA) is 122 Å². The second-order valence-electron chi connectivity index (χ2n) is 15.1. The number of methoxy groups -OCH3 is 1. The SMILES string of the molecule is CCCC[C@@H]1C[C@@H](CC2=CCNC(N)=C2)C[C@H]2C#C[C@H](c3ccccc3CCC(C)C)c3cc(O)c(OC)cc3CCC(=O)[C@H](O)C(=O)[C@H]2C1. The maximum atomic E-state index is 14.2. The lowest BCUT2D eigenvalue weighted by atomic mass is 9.77. The van der Waals surface area contributed by atoms with Gasteiger partial charge in [0.1, 0.15) is 0 Å². The average Bonchev–Trinajstić information content (AvgIpc) is 3.27. The van der Waals surface area contributed by atoms with E-state index in [1.807, 2.05) is 12.1 Å². The third kappa shape index (κ3) is 9.20. The molecular weight excluding hydrogens is 624 g/mol. The number of nitrogens with two attached hydrogens (primary N) is 1. The van der Waals surface area contributed by atoms with Gasteiger partial charge in [0.05, 0.1) is 18.8 Å². The predicted octanol–water partition coefficient (Wildman–Crippen LogP) is 7.13. The molecule has 1 heterocycles. The molecule has 0 bridgehead atoms. The van der Waals surface area contributed by atoms with Gasteiger partial charge in [0.2, 0.25) is 0 Å². The highest BCUT2D eigenvalue weighted by atomic mass is 16.5. The van der Waals surface area contributed by atoms with Gasteiger partial charge in [-0.15, -0.1) is 0 Å². The van der Waals surface area contributed by atoms with Crippen LogP contribution in [0.2, 0.25) is 0 Å². The van der Waals surface area contributed by atoms with E-state index in [1.165, 1.54) is 18.2 Å². The lowest BCUT2D eigenvalue weighted by molar-refractivity contribution is -0.142. The van der Waals surface area contributed by atoms with Crippen LogP contribution in [-0.2, 0) is 22.4 Å². The number of carbonyl (C=O) groups is 2. The summed E-state index contributed by atoms with van der Waals surface area (Å²) in [6.45, 7) is 7.32. The molecule has 7 heteroatoms. The zero-order valence-electron chi connectivity index (χ0n) is 30.3. The molecule has 50 heavy (non-hydrogen) atoms. The molecular formula is C43H56N2O5. The monoisotopic (exact) mass is 680 g/mol. The van der Waals surface area contributed by atoms with Crippen LogP contribution in [0.4, 0.5) is 0 Å². The van der Waals surface area contributed by atoms with Gasteiger partial charge in [0, 0.05) is 24.8 Å². The standard InChI is InChI=1S/C43H56N2O5/c1-5-6-9-28-20-30(21-29-18-19-45-41(44)24-29)22-32-14-16-35(34-11-8-7-10-31(34)13-12-27(2)3)36-26-39(47)40(50-4)25-33(36)15-17-38(46)43(49)42(48)37(32)23-28/h7-8,10-11,18,24-28,30,32,35,37,43,45,47,49H,5-6,9,12-13,15,17,19-23,44H2,1-4H3/t28-,30+,32-,35-,37+,43+/m1/s1. The minimum Gasteiger partial charge on any atom is -0.504 e. The van der Waals surface area contributed by atoms with E-state index in [2.05, 4.69) is 62.2 Å². The number of aliphatic hydroxyl groups is 1. The second-order valence-corrected chi connectivity index (χ2v) is 15.1. The molecule has 2 aromatic carbocycles. The summed E-state index contributed by atoms with van der Waals surface area (Å²) in [4.78, 5) is 27.8. The minimum atomic E-state index is -1.68. The fraction of sp³-hybridized carbons (Fsp3) is 0.535. The fourth-order valence-corrected chi connectivity index (χ4v) is 8.20. The van der Waals surface area contributed by atoms with Gasteiger partial charge < -0.3 is 26.0 Å². The molecule has 0 aromatic heterocycles. The summed E-state index contributed by atoms with van der Waals surface area (Å²) in [6.07, 6.45) is 10.9. The van der Waals surface area contributed by atoms with Crippen molar-refractivity contribution in [2.75, 3.05) is 13.7 Å². The van der Waals surface area contributed by atoms with E-state index < -0.39 is 23.7 Å². The van der Waals surface area contributed by atoms with Crippen LogP contribution in [0.5, 0.6) is 11.5 Å². The van der Waals surface area contributed by atoms with Crippen molar-refractivity contribution in [3.05, 3.63) is 82.2 Å². The summed E-state index contributed by atoms with van der Waals surface area (Å²) in [7, 11) is 1.50. The third-order valence-corrected chi connectivity index (χ3v) is 10.9. The van der Waals surface area contributed by atoms with Gasteiger partial charge in [-0.3, -0.25) is 9.59 Å². The quantitative estimate of drug-likeness (QED) is 0.156. The molecule has 5 N–H and O–H groups in total. The second kappa shape index (κ2) is 17.3. The van der Waals surface area contributed by atoms with Gasteiger partial charge in [-0.2, -0.15) is 0 Å². The Bertz CT molecular complexity index is 1650. The zero-order valence-corrected chi connectivity index (χ0v) is 30.3. The summed E-state index contributed by atoms with van der Waals surface area (Å²) in [5.74, 6) is 7.26. The van der Waals surface area contributed by atoms with E-state index in [0.717, 1.165) is 61.6 Å². The molecule has 5 rings (SSSR count). The lowest BCUT2D eigenvalue weighted by Crippen LogP contribution is -2.38. The van der Waals surface area contributed by atoms with Crippen LogP contribution in [-0.4, -0.2) is 41.5 Å². The Balaban J connectivity index is 1.67. The number of hydrogen-bond acceptors (Lipinski definition) is 7. The lowest BCUT2D eigenvalue weighted by Gasteiger charge is -2.26. The van der Waals surface area contributed by atoms with Gasteiger partial charge >= 0.3 is 0 Å². The van der Waals surface area contributed by atoms with Gasteiger partial charge in [-0.1, -0.05) is 82.2 Å². The van der Waals surface area contributed by atoms with Gasteiger partial charge in [-0.25, -0.2) is 0 Å². The number of ketones is 2. The molecule has 0 unspecified atom stereocenters. The first kappa shape index (κ1) is 37.2. The Labute approximate surface area is 298 Å². The largest absolute Gasteiger partial charge is 0.504 e. The van der Waals surface area contributed by atoms with Crippen molar-refractivity contribution < 1.29 is 24.5 Å². The normalized spacial score (nSPS) is 25.7. The number of aryl methyl sites for hydroxylation is 2. The number of unbranched alkanes of at least 4 members (excludes halogenated alkanes) is 1. The number of carbonyl (C=O) groups excluding carboxylic acids is 2. The summed E-state index contributed by atoms with van der Waals surface area (Å²) in [6, 6.07) is 11.9. The van der Waals surface area contributed by atoms with E-state index in [4.69, 9.17) is 10.5 Å². The van der Waals surface area contributed by atoms with Crippen molar-refractivity contribution in [2.24, 2.45) is 35.3 Å². The van der Waals surface area contributed by atoms with Crippen LogP contribution in [0.3, 0.4) is 0 Å². The Morgan fingerprint density at radius 2 is 1.84 bits per heavy atom. The number of hydrogen-bond donors (Lipinski definition) is 4. The van der Waals surface area contributed by atoms with Crippen LogP contribution < -0.4 is 15.8 Å². The summed E-state index contributed by atoms with van der Waals surface area (Å²) < 4.78 is 5.49. The number of aliphatic hydroxyl groups excluding tert-OH is 1. The number of benzene rings is 2. The molecule has 3 aliphatic rings. The molecule has 268 valence electrons. The van der Waals surface area contributed by atoms with Crippen LogP contribution in [0.25, 0.3) is 0 Å². The van der Waals surface area contributed by atoms with Crippen molar-refractivity contribution in [3.8, 4) is 23.3 Å². The number of allylic oxidation sites excluding steroid dienone is 2. The average molecular weight is 681 g/mol. The highest BCUT2D eigenvalue weighted by Crippen LogP contribution is 2.43. The zero-order chi connectivity index (χ0) is 35.8. The predicted molar refractivity (Wildman–Crippen MR) is 199 cm³/mol. The third-order valence-electron chi connectivity index (χ3n) is 10.9. The van der Waals surface area contributed by atoms with Crippen molar-refractivity contribution >= 4 is 11.6 Å². The van der Waals surface area contributed by atoms with Crippen molar-refractivity contribution in [2.45, 2.75) is 103 Å². The molecule has 1 aliphatic heterocycles. The fourth-order valence-electron chi connectivity index (χ4n) is 8.20. The Morgan fingerprint density at radius 1 is 1.04 bits per heavy atom. The van der Waals surface area contributed by atoms with E-state index in [-0.39, 0.29) is 42.1 Å². The molecule has 0 saturated heterocycles. The van der Waals surface area contributed by atoms with Gasteiger partial charge in [0.25, 0.3) is 0 Å². The smallest absolute Gasteiger partial charge is 0.173 e. The van der Waals surface area contributed by atoms with Gasteiger partial charge in [-0.05, 0) is 109 Å². The molecule has 2 aromatic rings. The number of phenolic OH excluding ortho intramolecular Hbond substituents is 1. The Hall–Kier alpha value is -4.02. The van der Waals surface area contributed by atoms with Gasteiger partial charge in [0.15, 0.2) is 29.2 Å². The molecule has 7 nitrogen and oxygen atoms in total. The minimum absolute atomic E-state index is 0.00178. The number of dihydropyridines is 1. The van der Waals surface area contributed by atoms with Crippen molar-refractivity contribution in [1.29, 1.82) is 0 Å². The van der Waals surface area contributed by atoms with Crippen molar-refractivity contribution in [1.82, 2.24) is 5.32 Å². The maximum Gasteiger partial charge on any atom is 0.173 e. The number of fused-ring (bicyclic) bond motifs is 2. The first-order chi connectivity index (χ1) is 24.1. The summed E-state index contributed by atoms with van der Waals surface area (Å²) >= 11 is 0. The van der Waals surface area contributed by atoms with Crippen LogP contribution in [0, 0.1) is 41.4 Å². The van der Waals surface area contributed by atoms with E-state index in [0.29, 0.717) is 36.9 Å². The summed E-state index contributed by atoms with van der Waals surface area (Å²) in [5.41, 5.74) is 11.2. The number of Topliss-reactive ketones (excluding diaryl/α,β-unsaturated/α-hetero) is 2. The molecule has 0 radical (unpaired) electrons. The first-order valence-electron chi connectivity index (χ1n) is 18.7. The Morgan fingerprint density at radius 3 is 2.58 bits per heavy atom. The molecule has 6 atom stereocenters. The summed E-state index contributed by atoms with van der Waals surface area (Å²) in [5, 5.41) is 25.5. The number of rotatable bonds is 10. The molecule has 0 spiro atoms. The number of phenols is 1. The molecule has 1 fully saturated rings. The number of nitrogens with one attached hydrogen (secondary N) is 1. The highest BCUT2D eigenvalue weighted by Gasteiger charge is 2.40. The van der Waals surface area contributed by atoms with E-state index >= 15 is 0 Å². The van der Waals surface area contributed by atoms with E-state index in [9.17, 15) is 19.8 Å². The number of ether oxygens (including phenoxy) is 1. The Kier molecular flexibility index (Phi) is 12.9. The molecule has 1 saturated carbocycles. The van der Waals surface area contributed by atoms with Crippen LogP contribution in [0.15, 0.2) is 59.9 Å². The first-order valence-corrected chi connectivity index (χ1v) is 18.7. The highest BCUT2D eigenvalue weighted by molar-refractivity contribution is 6.06. The van der Waals surface area contributed by atoms with E-state index in [1.54, 1.807) is 12.1 Å². The molecule has 2 aliphatic carbocycles. The maximum absolute atomic E-state index is 14.2. The van der Waals surface area contributed by atoms with Crippen molar-refractivity contribution in [3.63, 3.8) is 0 Å². The van der Waals surface area contributed by atoms with Crippen LogP contribution in [0.1, 0.15) is 107 Å². The molecule has 0 amide bonds. The number of aromatic hydroxyl groups is 1.